The fourth-order valence-electron chi connectivity index (χ4n) is 8.50. The molecule has 0 aliphatic rings. The summed E-state index contributed by atoms with van der Waals surface area (Å²) in [6, 6.07) is 61.1. The van der Waals surface area contributed by atoms with Crippen LogP contribution in [0.4, 0.5) is 0 Å². The number of rotatable bonds is 5. The molecule has 0 saturated carbocycles. The van der Waals surface area contributed by atoms with Gasteiger partial charge in [0.15, 0.2) is 0 Å². The van der Waals surface area contributed by atoms with E-state index in [-0.39, 0.29) is 0 Å². The molecule has 0 atom stereocenters. The summed E-state index contributed by atoms with van der Waals surface area (Å²) in [4.78, 5) is 25.1. The van der Waals surface area contributed by atoms with Crippen molar-refractivity contribution in [2.75, 3.05) is 0 Å². The zero-order chi connectivity index (χ0) is 38.2. The lowest BCUT2D eigenvalue weighted by Gasteiger charge is -2.13. The van der Waals surface area contributed by atoms with E-state index in [1.807, 2.05) is 48.8 Å². The zero-order valence-corrected chi connectivity index (χ0v) is 31.0. The van der Waals surface area contributed by atoms with Crippen LogP contribution in [0.15, 0.2) is 188 Å². The summed E-state index contributed by atoms with van der Waals surface area (Å²) in [5.74, 6) is 0.591. The quantitative estimate of drug-likeness (QED) is 0.164. The molecule has 0 amide bonds. The maximum atomic E-state index is 5.38. The summed E-state index contributed by atoms with van der Waals surface area (Å²) in [7, 11) is 0. The molecule has 0 radical (unpaired) electrons. The van der Waals surface area contributed by atoms with E-state index in [2.05, 4.69) is 158 Å². The molecular weight excluding hydrogens is 711 g/mol. The van der Waals surface area contributed by atoms with Gasteiger partial charge in [0.25, 0.3) is 0 Å². The van der Waals surface area contributed by atoms with Crippen molar-refractivity contribution in [2.24, 2.45) is 0 Å². The minimum Gasteiger partial charge on any atom is -0.292 e. The molecule has 0 saturated heterocycles. The van der Waals surface area contributed by atoms with Crippen molar-refractivity contribution in [3.8, 4) is 51.0 Å². The van der Waals surface area contributed by atoms with Crippen LogP contribution in [-0.2, 0) is 0 Å². The summed E-state index contributed by atoms with van der Waals surface area (Å²) >= 11 is 0. The number of aromatic nitrogens is 7. The maximum Gasteiger partial charge on any atom is 0.235 e. The third-order valence-electron chi connectivity index (χ3n) is 11.2. The van der Waals surface area contributed by atoms with Gasteiger partial charge in [-0.2, -0.15) is 0 Å². The summed E-state index contributed by atoms with van der Waals surface area (Å²) in [6.07, 6.45) is 3.64. The van der Waals surface area contributed by atoms with Gasteiger partial charge in [0.05, 0.1) is 50.4 Å². The fourth-order valence-corrected chi connectivity index (χ4v) is 8.50. The van der Waals surface area contributed by atoms with E-state index in [4.69, 9.17) is 15.0 Å². The first-order chi connectivity index (χ1) is 28.7. The Bertz CT molecular complexity index is 3430. The highest BCUT2D eigenvalue weighted by molar-refractivity contribution is 6.20. The monoisotopic (exact) mass is 741 g/mol. The Morgan fingerprint density at radius 3 is 1.47 bits per heavy atom. The van der Waals surface area contributed by atoms with Gasteiger partial charge in [-0.05, 0) is 66.0 Å². The molecule has 0 fully saturated rings. The number of pyridine rings is 3. The molecule has 6 heterocycles. The standard InChI is InChI=1S/C51H31N7/c1-2-13-38-36(11-1)39-29-40-37-12-3-5-17-46(37)58(49(40)31-48(39)57-47-18-6-4-16-43(47)54-50(38)57)51-55-44(34-23-19-32(20-24-34)41-14-7-9-27-52-41)30-45(56-51)35-25-21-33(22-26-35)42-15-8-10-28-53-42/h1-31H. The van der Waals surface area contributed by atoms with E-state index in [0.29, 0.717) is 5.95 Å². The molecule has 0 aliphatic heterocycles. The van der Waals surface area contributed by atoms with Crippen LogP contribution in [0.2, 0.25) is 0 Å². The number of imidazole rings is 1. The van der Waals surface area contributed by atoms with Crippen molar-refractivity contribution in [3.63, 3.8) is 0 Å². The lowest BCUT2D eigenvalue weighted by atomic mass is 10.0. The molecule has 0 N–H and O–H groups in total. The minimum atomic E-state index is 0.591. The Kier molecular flexibility index (Phi) is 7.09. The number of para-hydroxylation sites is 3. The van der Waals surface area contributed by atoms with Crippen LogP contribution in [-0.4, -0.2) is 33.9 Å². The number of benzene rings is 6. The predicted molar refractivity (Wildman–Crippen MR) is 235 cm³/mol. The first-order valence-corrected chi connectivity index (χ1v) is 19.3. The van der Waals surface area contributed by atoms with E-state index in [0.717, 1.165) is 99.8 Å². The van der Waals surface area contributed by atoms with Gasteiger partial charge in [0.1, 0.15) is 5.65 Å². The van der Waals surface area contributed by atoms with E-state index < -0.39 is 0 Å². The molecule has 7 nitrogen and oxygen atoms in total. The zero-order valence-electron chi connectivity index (χ0n) is 31.0. The normalized spacial score (nSPS) is 11.8. The SMILES string of the molecule is c1ccc(-c2ccc(-c3cc(-c4ccc(-c5ccccn5)cc4)nc(-n4c5ccccc5c5cc6c7ccccc7c7nc8ccccc8n7c6cc54)n3)cc2)nc1. The average molecular weight is 742 g/mol. The molecule has 0 unspecified atom stereocenters. The fraction of sp³-hybridized carbons (Fsp3) is 0. The van der Waals surface area contributed by atoms with Crippen LogP contribution >= 0.6 is 0 Å². The van der Waals surface area contributed by atoms with E-state index >= 15 is 0 Å². The highest BCUT2D eigenvalue weighted by atomic mass is 15.2. The lowest BCUT2D eigenvalue weighted by molar-refractivity contribution is 0.996. The molecule has 12 rings (SSSR count). The number of fused-ring (bicyclic) bond motifs is 11. The van der Waals surface area contributed by atoms with Crippen LogP contribution in [0.25, 0.3) is 111 Å². The van der Waals surface area contributed by atoms with Gasteiger partial charge in [0.2, 0.25) is 5.95 Å². The second-order valence-corrected chi connectivity index (χ2v) is 14.6. The lowest BCUT2D eigenvalue weighted by Crippen LogP contribution is -2.04. The van der Waals surface area contributed by atoms with Crippen molar-refractivity contribution < 1.29 is 0 Å². The number of hydrogen-bond donors (Lipinski definition) is 0. The molecule has 7 heteroatoms. The van der Waals surface area contributed by atoms with Crippen LogP contribution in [0, 0.1) is 0 Å². The summed E-state index contributed by atoms with van der Waals surface area (Å²) < 4.78 is 4.53. The van der Waals surface area contributed by atoms with Crippen molar-refractivity contribution in [1.29, 1.82) is 0 Å². The van der Waals surface area contributed by atoms with Crippen molar-refractivity contribution in [3.05, 3.63) is 188 Å². The third kappa shape index (κ3) is 5.04. The van der Waals surface area contributed by atoms with Gasteiger partial charge in [0, 0.05) is 56.2 Å². The van der Waals surface area contributed by atoms with E-state index in [1.165, 1.54) is 5.39 Å². The van der Waals surface area contributed by atoms with Gasteiger partial charge in [-0.3, -0.25) is 18.9 Å². The molecule has 0 spiro atoms. The Morgan fingerprint density at radius 2 is 0.845 bits per heavy atom. The Balaban J connectivity index is 1.13. The Labute approximate surface area is 332 Å². The first-order valence-electron chi connectivity index (χ1n) is 19.3. The molecule has 58 heavy (non-hydrogen) atoms. The highest BCUT2D eigenvalue weighted by Gasteiger charge is 2.21. The molecule has 6 aromatic carbocycles. The van der Waals surface area contributed by atoms with Gasteiger partial charge in [-0.15, -0.1) is 0 Å². The Morgan fingerprint density at radius 1 is 0.328 bits per heavy atom. The second kappa shape index (κ2) is 12.8. The van der Waals surface area contributed by atoms with Gasteiger partial charge >= 0.3 is 0 Å². The highest BCUT2D eigenvalue weighted by Crippen LogP contribution is 2.39. The molecule has 0 bridgehead atoms. The summed E-state index contributed by atoms with van der Waals surface area (Å²) in [6.45, 7) is 0. The second-order valence-electron chi connectivity index (χ2n) is 14.6. The van der Waals surface area contributed by atoms with Crippen LogP contribution < -0.4 is 0 Å². The van der Waals surface area contributed by atoms with Crippen molar-refractivity contribution in [1.82, 2.24) is 33.9 Å². The predicted octanol–water partition coefficient (Wildman–Crippen LogP) is 12.1. The number of nitrogens with zero attached hydrogens (tertiary/aromatic N) is 7. The van der Waals surface area contributed by atoms with E-state index in [1.54, 1.807) is 0 Å². The largest absolute Gasteiger partial charge is 0.292 e. The Hall–Kier alpha value is -8.03. The van der Waals surface area contributed by atoms with E-state index in [9.17, 15) is 0 Å². The average Bonchev–Trinajstić information content (AvgIpc) is 3.85. The van der Waals surface area contributed by atoms with Crippen molar-refractivity contribution >= 4 is 60.2 Å². The summed E-state index contributed by atoms with van der Waals surface area (Å²) in [5.41, 5.74) is 13.7. The smallest absolute Gasteiger partial charge is 0.235 e. The molecule has 0 aliphatic carbocycles. The molecule has 12 aromatic rings. The molecule has 270 valence electrons. The number of hydrogen-bond acceptors (Lipinski definition) is 5. The molecular formula is C51H31N7. The molecule has 6 aromatic heterocycles. The van der Waals surface area contributed by atoms with Gasteiger partial charge < -0.3 is 0 Å². The summed E-state index contributed by atoms with van der Waals surface area (Å²) in [5, 5.41) is 5.72. The van der Waals surface area contributed by atoms with Crippen LogP contribution in [0.1, 0.15) is 0 Å². The van der Waals surface area contributed by atoms with Gasteiger partial charge in [-0.25, -0.2) is 15.0 Å². The third-order valence-corrected chi connectivity index (χ3v) is 11.2. The first kappa shape index (κ1) is 32.2. The van der Waals surface area contributed by atoms with Gasteiger partial charge in [-0.1, -0.05) is 115 Å². The minimum absolute atomic E-state index is 0.591. The maximum absolute atomic E-state index is 5.38. The van der Waals surface area contributed by atoms with Crippen LogP contribution in [0.3, 0.4) is 0 Å². The van der Waals surface area contributed by atoms with Crippen molar-refractivity contribution in [2.45, 2.75) is 0 Å². The topological polar surface area (TPSA) is 73.8 Å². The van der Waals surface area contributed by atoms with Crippen LogP contribution in [0.5, 0.6) is 0 Å².